The van der Waals surface area contributed by atoms with Gasteiger partial charge in [0.2, 0.25) is 0 Å². The maximum Gasteiger partial charge on any atom is 0.412 e. The number of aryl methyl sites for hydroxylation is 1. The van der Waals surface area contributed by atoms with Gasteiger partial charge < -0.3 is 18.8 Å². The van der Waals surface area contributed by atoms with Gasteiger partial charge in [-0.3, -0.25) is 5.32 Å². The van der Waals surface area contributed by atoms with Crippen LogP contribution in [0.15, 0.2) is 82.1 Å². The number of benzene rings is 3. The van der Waals surface area contributed by atoms with Crippen LogP contribution in [0.5, 0.6) is 0 Å². The third-order valence-corrected chi connectivity index (χ3v) is 7.03. The van der Waals surface area contributed by atoms with E-state index in [0.717, 1.165) is 35.1 Å². The van der Waals surface area contributed by atoms with Crippen LogP contribution in [0.4, 0.5) is 10.5 Å². The van der Waals surface area contributed by atoms with E-state index in [4.69, 9.17) is 13.7 Å². The third kappa shape index (κ3) is 4.36. The van der Waals surface area contributed by atoms with Crippen molar-refractivity contribution in [3.05, 3.63) is 89.9 Å². The maximum atomic E-state index is 12.6. The summed E-state index contributed by atoms with van der Waals surface area (Å²) in [5.74, 6) is 0.452. The monoisotopic (exact) mass is 495 g/mol. The zero-order valence-corrected chi connectivity index (χ0v) is 20.2. The van der Waals surface area contributed by atoms with Gasteiger partial charge in [0.05, 0.1) is 6.61 Å². The number of anilines is 1. The Morgan fingerprint density at radius 3 is 2.43 bits per heavy atom. The lowest BCUT2D eigenvalue weighted by molar-refractivity contribution is 0.155. The number of carbonyl (C=O) groups is 1. The predicted molar refractivity (Wildman–Crippen MR) is 138 cm³/mol. The van der Waals surface area contributed by atoms with Crippen LogP contribution < -0.4 is 5.32 Å². The van der Waals surface area contributed by atoms with Gasteiger partial charge in [-0.15, -0.1) is 0 Å². The molecule has 3 aromatic carbocycles. The number of nitrogens with zero attached hydrogens (tertiary/aromatic N) is 2. The molecule has 1 amide bonds. The van der Waals surface area contributed by atoms with Gasteiger partial charge in [-0.2, -0.15) is 0 Å². The molecule has 0 saturated heterocycles. The highest BCUT2D eigenvalue weighted by Gasteiger charge is 2.43. The number of para-hydroxylation sites is 1. The fourth-order valence-corrected chi connectivity index (χ4v) is 4.58. The molecule has 2 aromatic heterocycles. The molecule has 8 heteroatoms. The highest BCUT2D eigenvalue weighted by atomic mass is 16.5. The number of fused-ring (bicyclic) bond motifs is 1. The Kier molecular flexibility index (Phi) is 5.73. The summed E-state index contributed by atoms with van der Waals surface area (Å²) >= 11 is 0. The molecule has 0 atom stereocenters. The number of oxazole rings is 1. The second-order valence-electron chi connectivity index (χ2n) is 9.38. The van der Waals surface area contributed by atoms with E-state index >= 15 is 0 Å². The van der Waals surface area contributed by atoms with Crippen LogP contribution >= 0.6 is 0 Å². The second kappa shape index (κ2) is 9.22. The quantitative estimate of drug-likeness (QED) is 0.275. The highest BCUT2D eigenvalue weighted by molar-refractivity contribution is 5.91. The Morgan fingerprint density at radius 2 is 1.73 bits per heavy atom. The summed E-state index contributed by atoms with van der Waals surface area (Å²) in [5, 5.41) is 16.5. The summed E-state index contributed by atoms with van der Waals surface area (Å²) in [5.41, 5.74) is 7.11. The van der Waals surface area contributed by atoms with Gasteiger partial charge in [-0.25, -0.2) is 9.78 Å². The average molecular weight is 496 g/mol. The van der Waals surface area contributed by atoms with Crippen LogP contribution in [-0.2, 0) is 16.8 Å². The van der Waals surface area contributed by atoms with Gasteiger partial charge in [0.15, 0.2) is 17.7 Å². The SMILES string of the molecule is Cc1noc(-c2ccc(-c3ccc(C4(CO)CC4)cc3)cc2)c1NC(=O)OCc1cccc2ocnc12. The zero-order valence-electron chi connectivity index (χ0n) is 20.2. The molecular weight excluding hydrogens is 470 g/mol. The number of aliphatic hydroxyl groups excluding tert-OH is 1. The summed E-state index contributed by atoms with van der Waals surface area (Å²) in [6.07, 6.45) is 2.81. The Hall–Kier alpha value is -4.43. The largest absolute Gasteiger partial charge is 0.444 e. The minimum Gasteiger partial charge on any atom is -0.444 e. The molecule has 2 heterocycles. The normalized spacial score (nSPS) is 14.0. The number of carbonyl (C=O) groups excluding carboxylic acids is 1. The lowest BCUT2D eigenvalue weighted by Gasteiger charge is -2.13. The number of nitrogens with one attached hydrogen (secondary N) is 1. The van der Waals surface area contributed by atoms with Crippen molar-refractivity contribution in [3.63, 3.8) is 0 Å². The molecule has 0 unspecified atom stereocenters. The first-order valence-corrected chi connectivity index (χ1v) is 12.1. The fourth-order valence-electron chi connectivity index (χ4n) is 4.58. The lowest BCUT2D eigenvalue weighted by Crippen LogP contribution is -2.14. The summed E-state index contributed by atoms with van der Waals surface area (Å²) in [6, 6.07) is 21.7. The first-order valence-electron chi connectivity index (χ1n) is 12.1. The molecule has 1 saturated carbocycles. The molecule has 186 valence electrons. The molecule has 1 fully saturated rings. The van der Waals surface area contributed by atoms with Crippen molar-refractivity contribution in [2.45, 2.75) is 31.8 Å². The van der Waals surface area contributed by atoms with Gasteiger partial charge in [0, 0.05) is 16.5 Å². The number of hydrogen-bond acceptors (Lipinski definition) is 7. The Morgan fingerprint density at radius 1 is 1.03 bits per heavy atom. The number of amides is 1. The molecule has 0 spiro atoms. The van der Waals surface area contributed by atoms with Gasteiger partial charge >= 0.3 is 6.09 Å². The van der Waals surface area contributed by atoms with Crippen molar-refractivity contribution in [2.75, 3.05) is 11.9 Å². The van der Waals surface area contributed by atoms with Crippen LogP contribution in [-0.4, -0.2) is 27.9 Å². The lowest BCUT2D eigenvalue weighted by atomic mass is 9.94. The van der Waals surface area contributed by atoms with Crippen molar-refractivity contribution >= 4 is 22.9 Å². The summed E-state index contributed by atoms with van der Waals surface area (Å²) in [7, 11) is 0. The molecule has 5 aromatic rings. The van der Waals surface area contributed by atoms with E-state index in [9.17, 15) is 9.90 Å². The molecule has 6 rings (SSSR count). The van der Waals surface area contributed by atoms with Crippen LogP contribution in [0.1, 0.15) is 29.7 Å². The van der Waals surface area contributed by atoms with Gasteiger partial charge in [-0.1, -0.05) is 65.8 Å². The van der Waals surface area contributed by atoms with Crippen molar-refractivity contribution in [3.8, 4) is 22.5 Å². The average Bonchev–Trinajstić information content (AvgIpc) is 3.44. The van der Waals surface area contributed by atoms with Crippen molar-refractivity contribution in [2.24, 2.45) is 0 Å². The number of rotatable bonds is 7. The molecule has 0 radical (unpaired) electrons. The topological polar surface area (TPSA) is 111 Å². The molecule has 37 heavy (non-hydrogen) atoms. The molecule has 8 nitrogen and oxygen atoms in total. The molecule has 0 bridgehead atoms. The summed E-state index contributed by atoms with van der Waals surface area (Å²) < 4.78 is 16.3. The van der Waals surface area contributed by atoms with Gasteiger partial charge in [-0.05, 0) is 42.5 Å². The Bertz CT molecular complexity index is 1560. The zero-order chi connectivity index (χ0) is 25.4. The standard InChI is InChI=1S/C29H25N3O5/c1-18-25(31-28(34)35-15-22-3-2-4-24-26(22)30-17-36-24)27(37-32-18)21-7-5-19(6-8-21)20-9-11-23(12-10-20)29(16-33)13-14-29/h2-12,17,33H,13-16H2,1H3,(H,31,34). The van der Waals surface area contributed by atoms with Crippen molar-refractivity contribution < 1.29 is 23.6 Å². The highest BCUT2D eigenvalue weighted by Crippen LogP contribution is 2.47. The van der Waals surface area contributed by atoms with E-state index < -0.39 is 6.09 Å². The minimum atomic E-state index is -0.624. The first-order chi connectivity index (χ1) is 18.1. The van der Waals surface area contributed by atoms with Gasteiger partial charge in [0.1, 0.15) is 23.5 Å². The van der Waals surface area contributed by atoms with E-state index in [1.165, 1.54) is 12.0 Å². The van der Waals surface area contributed by atoms with Crippen LogP contribution in [0, 0.1) is 6.92 Å². The van der Waals surface area contributed by atoms with E-state index in [1.807, 2.05) is 36.4 Å². The van der Waals surface area contributed by atoms with Gasteiger partial charge in [0.25, 0.3) is 0 Å². The summed E-state index contributed by atoms with van der Waals surface area (Å²) in [6.45, 7) is 2.00. The van der Waals surface area contributed by atoms with E-state index in [-0.39, 0.29) is 18.6 Å². The molecular formula is C29H25N3O5. The first kappa shape index (κ1) is 23.0. The van der Waals surface area contributed by atoms with Crippen molar-refractivity contribution in [1.82, 2.24) is 10.1 Å². The third-order valence-electron chi connectivity index (χ3n) is 7.03. The van der Waals surface area contributed by atoms with E-state index in [2.05, 4.69) is 39.7 Å². The number of aromatic nitrogens is 2. The Balaban J connectivity index is 1.15. The summed E-state index contributed by atoms with van der Waals surface area (Å²) in [4.78, 5) is 16.8. The smallest absolute Gasteiger partial charge is 0.412 e. The maximum absolute atomic E-state index is 12.6. The minimum absolute atomic E-state index is 0.0411. The van der Waals surface area contributed by atoms with Crippen molar-refractivity contribution in [1.29, 1.82) is 0 Å². The van der Waals surface area contributed by atoms with E-state index in [1.54, 1.807) is 13.0 Å². The number of ether oxygens (including phenoxy) is 1. The molecule has 1 aliphatic rings. The Labute approximate surface area is 212 Å². The molecule has 2 N–H and O–H groups in total. The molecule has 1 aliphatic carbocycles. The van der Waals surface area contributed by atoms with Crippen LogP contribution in [0.3, 0.4) is 0 Å². The second-order valence-corrected chi connectivity index (χ2v) is 9.38. The number of hydrogen-bond donors (Lipinski definition) is 2. The van der Waals surface area contributed by atoms with E-state index in [0.29, 0.717) is 28.2 Å². The predicted octanol–water partition coefficient (Wildman–Crippen LogP) is 6.23. The fraction of sp³-hybridized carbons (Fsp3) is 0.207. The number of aliphatic hydroxyl groups is 1. The van der Waals surface area contributed by atoms with Crippen LogP contribution in [0.2, 0.25) is 0 Å². The molecule has 0 aliphatic heterocycles. The van der Waals surface area contributed by atoms with Crippen LogP contribution in [0.25, 0.3) is 33.6 Å².